The Morgan fingerprint density at radius 1 is 1.06 bits per heavy atom. The minimum atomic E-state index is 0.546. The monoisotopic (exact) mass is 238 g/mol. The molecular weight excluding hydrogens is 212 g/mol. The van der Waals surface area contributed by atoms with Crippen LogP contribution in [0.3, 0.4) is 0 Å². The van der Waals surface area contributed by atoms with E-state index in [1.807, 2.05) is 6.92 Å². The second-order valence-electron chi connectivity index (χ2n) is 2.20. The van der Waals surface area contributed by atoms with Gasteiger partial charge in [0.05, 0.1) is 6.57 Å². The molecule has 4 nitrogen and oxygen atoms in total. The number of allylic oxidation sites excluding steroid dienone is 2. The Kier molecular flexibility index (Phi) is 114. The van der Waals surface area contributed by atoms with Crippen LogP contribution >= 0.6 is 0 Å². The van der Waals surface area contributed by atoms with Crippen molar-refractivity contribution < 1.29 is 0 Å². The molecule has 0 aromatic carbocycles. The number of hydrogen-bond acceptors (Lipinski definition) is 3. The molecule has 0 aliphatic heterocycles. The third kappa shape index (κ3) is 5020000. The summed E-state index contributed by atoms with van der Waals surface area (Å²) in [6, 6.07) is 0. The first-order chi connectivity index (χ1) is 7.93. The summed E-state index contributed by atoms with van der Waals surface area (Å²) in [6.07, 6.45) is 1.75. The maximum absolute atomic E-state index is 6.18. The molecule has 0 aromatic rings. The average molecular weight is 238 g/mol. The predicted octanol–water partition coefficient (Wildman–Crippen LogP) is 3.58. The Balaban J connectivity index is -0.0000000362. The van der Waals surface area contributed by atoms with Crippen molar-refractivity contribution in [2.24, 2.45) is 15.0 Å². The van der Waals surface area contributed by atoms with Gasteiger partial charge in [-0.25, -0.2) is 4.85 Å². The van der Waals surface area contributed by atoms with Crippen LogP contribution in [0.5, 0.6) is 0 Å². The standard InChI is InChI=1S/C4H5N.C3H6.3C2H5N/c1-4(2)5-3;4*1-3-2/h1H2,2H3;3H,1H2,2H3;3*1H2,2H3. The van der Waals surface area contributed by atoms with E-state index >= 15 is 0 Å². The van der Waals surface area contributed by atoms with Crippen LogP contribution in [-0.2, 0) is 0 Å². The summed E-state index contributed by atoms with van der Waals surface area (Å²) >= 11 is 0. The molecule has 0 aliphatic rings. The summed E-state index contributed by atoms with van der Waals surface area (Å²) in [7, 11) is 4.92. The summed E-state index contributed by atoms with van der Waals surface area (Å²) in [6.45, 7) is 25.8. The third-order valence-corrected chi connectivity index (χ3v) is 0.191. The summed E-state index contributed by atoms with van der Waals surface area (Å²) < 4.78 is 0. The van der Waals surface area contributed by atoms with E-state index in [1.165, 1.54) is 0 Å². The van der Waals surface area contributed by atoms with Gasteiger partial charge >= 0.3 is 0 Å². The van der Waals surface area contributed by atoms with Crippen LogP contribution in [0.4, 0.5) is 0 Å². The highest BCUT2D eigenvalue weighted by atomic mass is 14.6. The molecule has 17 heavy (non-hydrogen) atoms. The number of rotatable bonds is 0. The van der Waals surface area contributed by atoms with E-state index < -0.39 is 0 Å². The lowest BCUT2D eigenvalue weighted by Crippen LogP contribution is -1.44. The average Bonchev–Trinajstić information content (AvgIpc) is 2.22. The minimum absolute atomic E-state index is 0.546. The van der Waals surface area contributed by atoms with Crippen molar-refractivity contribution in [1.82, 2.24) is 0 Å². The van der Waals surface area contributed by atoms with Gasteiger partial charge in [0.25, 0.3) is 0 Å². The molecule has 0 saturated heterocycles. The SMILES string of the molecule is C=CC.C=NC.C=NC.C=NC.[C-]#[N+]C(=C)C. The molecular formula is C13H26N4. The zero-order chi connectivity index (χ0) is 15.1. The number of aliphatic imine (C=N–C) groups is 3. The summed E-state index contributed by atoms with van der Waals surface area (Å²) in [5, 5.41) is 0. The number of hydrogen-bond donors (Lipinski definition) is 0. The second-order valence-corrected chi connectivity index (χ2v) is 2.20. The van der Waals surface area contributed by atoms with Crippen LogP contribution in [0.2, 0.25) is 0 Å². The van der Waals surface area contributed by atoms with E-state index in [9.17, 15) is 0 Å². The second kappa shape index (κ2) is 65.9. The van der Waals surface area contributed by atoms with Gasteiger partial charge in [0.15, 0.2) is 5.70 Å². The summed E-state index contributed by atoms with van der Waals surface area (Å²) in [5.74, 6) is 0. The van der Waals surface area contributed by atoms with Crippen molar-refractivity contribution in [2.75, 3.05) is 21.1 Å². The Hall–Kier alpha value is -2.02. The molecule has 0 radical (unpaired) electrons. The zero-order valence-corrected chi connectivity index (χ0v) is 11.9. The normalized spacial score (nSPS) is 4.71. The Morgan fingerprint density at radius 2 is 1.12 bits per heavy atom. The molecule has 0 aromatic heterocycles. The minimum Gasteiger partial charge on any atom is -0.304 e. The van der Waals surface area contributed by atoms with E-state index in [-0.39, 0.29) is 0 Å². The molecule has 4 heteroatoms. The van der Waals surface area contributed by atoms with Crippen LogP contribution < -0.4 is 0 Å². The van der Waals surface area contributed by atoms with Gasteiger partial charge in [-0.3, -0.25) is 0 Å². The lowest BCUT2D eigenvalue weighted by atomic mass is 10.6. The van der Waals surface area contributed by atoms with Crippen molar-refractivity contribution in [3.8, 4) is 0 Å². The quantitative estimate of drug-likeness (QED) is 0.352. The van der Waals surface area contributed by atoms with Crippen molar-refractivity contribution in [3.63, 3.8) is 0 Å². The molecule has 0 atom stereocenters. The Labute approximate surface area is 107 Å². The van der Waals surface area contributed by atoms with E-state index in [0.29, 0.717) is 5.70 Å². The topological polar surface area (TPSA) is 41.4 Å². The van der Waals surface area contributed by atoms with Crippen molar-refractivity contribution >= 4 is 20.2 Å². The van der Waals surface area contributed by atoms with Crippen LogP contribution in [0.25, 0.3) is 4.85 Å². The van der Waals surface area contributed by atoms with E-state index in [1.54, 1.807) is 34.1 Å². The molecule has 0 saturated carbocycles. The maximum atomic E-state index is 6.18. The van der Waals surface area contributed by atoms with Gasteiger partial charge in [-0.15, -0.1) is 6.58 Å². The lowest BCUT2D eigenvalue weighted by molar-refractivity contribution is 1.49. The maximum Gasteiger partial charge on any atom is 0.155 e. The highest BCUT2D eigenvalue weighted by molar-refractivity contribution is 5.22. The smallest absolute Gasteiger partial charge is 0.155 e. The van der Waals surface area contributed by atoms with Gasteiger partial charge in [0.1, 0.15) is 0 Å². The van der Waals surface area contributed by atoms with Crippen molar-refractivity contribution in [1.29, 1.82) is 0 Å². The molecule has 0 rings (SSSR count). The molecule has 0 fully saturated rings. The molecule has 0 amide bonds. The first-order valence-electron chi connectivity index (χ1n) is 4.58. The molecule has 0 unspecified atom stereocenters. The van der Waals surface area contributed by atoms with Gasteiger partial charge in [-0.1, -0.05) is 12.7 Å². The first kappa shape index (κ1) is 29.4. The molecule has 98 valence electrons. The molecule has 0 aliphatic carbocycles. The number of nitrogens with zero attached hydrogens (tertiary/aromatic N) is 4. The summed E-state index contributed by atoms with van der Waals surface area (Å²) in [5.41, 5.74) is 0.546. The van der Waals surface area contributed by atoms with Crippen molar-refractivity contribution in [2.45, 2.75) is 13.8 Å². The van der Waals surface area contributed by atoms with Gasteiger partial charge in [-0.2, -0.15) is 0 Å². The molecule has 0 spiro atoms. The Bertz CT molecular complexity index is 188. The molecule has 0 heterocycles. The van der Waals surface area contributed by atoms with Gasteiger partial charge in [0, 0.05) is 21.1 Å². The predicted molar refractivity (Wildman–Crippen MR) is 83.7 cm³/mol. The van der Waals surface area contributed by atoms with Crippen LogP contribution in [0.15, 0.2) is 39.9 Å². The van der Waals surface area contributed by atoms with Gasteiger partial charge in [0.2, 0.25) is 0 Å². The molecule has 0 bridgehead atoms. The largest absolute Gasteiger partial charge is 0.304 e. The van der Waals surface area contributed by atoms with Crippen LogP contribution in [-0.4, -0.2) is 41.3 Å². The Morgan fingerprint density at radius 3 is 1.12 bits per heavy atom. The van der Waals surface area contributed by atoms with Crippen molar-refractivity contribution in [3.05, 3.63) is 36.3 Å². The fraction of sp³-hybridized carbons (Fsp3) is 0.385. The van der Waals surface area contributed by atoms with E-state index in [4.69, 9.17) is 6.57 Å². The lowest BCUT2D eigenvalue weighted by Gasteiger charge is -1.63. The van der Waals surface area contributed by atoms with E-state index in [0.717, 1.165) is 0 Å². The van der Waals surface area contributed by atoms with Gasteiger partial charge < -0.3 is 15.0 Å². The highest BCUT2D eigenvalue weighted by Gasteiger charge is 1.64. The fourth-order valence-electron chi connectivity index (χ4n) is 0. The summed E-state index contributed by atoms with van der Waals surface area (Å²) in [4.78, 5) is 12.7. The third-order valence-electron chi connectivity index (χ3n) is 0.191. The first-order valence-corrected chi connectivity index (χ1v) is 4.58. The van der Waals surface area contributed by atoms with E-state index in [2.05, 4.69) is 53.1 Å². The highest BCUT2D eigenvalue weighted by Crippen LogP contribution is 1.81. The fourth-order valence-corrected chi connectivity index (χ4v) is 0. The van der Waals surface area contributed by atoms with Gasteiger partial charge in [-0.05, 0) is 34.0 Å². The van der Waals surface area contributed by atoms with Crippen LogP contribution in [0, 0.1) is 6.57 Å². The molecule has 0 N–H and O–H groups in total. The van der Waals surface area contributed by atoms with Crippen LogP contribution in [0.1, 0.15) is 13.8 Å². The zero-order valence-electron chi connectivity index (χ0n) is 11.9.